The smallest absolute Gasteiger partial charge is 0.0318 e. The molecule has 0 saturated heterocycles. The summed E-state index contributed by atoms with van der Waals surface area (Å²) in [7, 11) is 0. The zero-order valence-corrected chi connectivity index (χ0v) is 13.0. The highest BCUT2D eigenvalue weighted by atomic mass is 79.9. The molecule has 1 atom stereocenters. The first-order valence-electron chi connectivity index (χ1n) is 6.41. The minimum absolute atomic E-state index is 0.405. The molecule has 0 heterocycles. The van der Waals surface area contributed by atoms with Crippen LogP contribution in [0.3, 0.4) is 0 Å². The van der Waals surface area contributed by atoms with Crippen LogP contribution in [0.5, 0.6) is 0 Å². The van der Waals surface area contributed by atoms with E-state index in [0.29, 0.717) is 11.5 Å². The first-order chi connectivity index (χ1) is 7.92. The second kappa shape index (κ2) is 6.55. The molecule has 0 aliphatic rings. The molecule has 96 valence electrons. The minimum atomic E-state index is 0.405. The third kappa shape index (κ3) is 5.69. The Balaban J connectivity index is 2.54. The number of nitrogens with one attached hydrogen (secondary N) is 1. The standard InChI is InChI=1S/C15H24BrN/c1-5-14(17-10-9-15(2,3)4)12-7-6-8-13(16)11-12/h6-8,11,14,17H,5,9-10H2,1-4H3. The molecular weight excluding hydrogens is 274 g/mol. The van der Waals surface area contributed by atoms with Crippen molar-refractivity contribution >= 4 is 15.9 Å². The summed E-state index contributed by atoms with van der Waals surface area (Å²) < 4.78 is 1.16. The van der Waals surface area contributed by atoms with Crippen LogP contribution in [0.1, 0.15) is 52.1 Å². The third-order valence-corrected chi connectivity index (χ3v) is 3.42. The van der Waals surface area contributed by atoms with Crippen molar-refractivity contribution in [1.29, 1.82) is 0 Å². The van der Waals surface area contributed by atoms with Gasteiger partial charge in [-0.05, 0) is 42.5 Å². The number of halogens is 1. The van der Waals surface area contributed by atoms with E-state index in [9.17, 15) is 0 Å². The largest absolute Gasteiger partial charge is 0.310 e. The highest BCUT2D eigenvalue weighted by Crippen LogP contribution is 2.22. The Bertz CT molecular complexity index is 341. The molecule has 17 heavy (non-hydrogen) atoms. The summed E-state index contributed by atoms with van der Waals surface area (Å²) in [5.41, 5.74) is 1.78. The molecule has 1 aromatic carbocycles. The van der Waals surface area contributed by atoms with Crippen molar-refractivity contribution in [3.63, 3.8) is 0 Å². The van der Waals surface area contributed by atoms with Gasteiger partial charge in [0.1, 0.15) is 0 Å². The van der Waals surface area contributed by atoms with Crippen LogP contribution in [0.2, 0.25) is 0 Å². The second-order valence-corrected chi connectivity index (χ2v) is 6.70. The topological polar surface area (TPSA) is 12.0 Å². The van der Waals surface area contributed by atoms with Gasteiger partial charge in [0.15, 0.2) is 0 Å². The summed E-state index contributed by atoms with van der Waals surface area (Å²) in [6.07, 6.45) is 2.33. The minimum Gasteiger partial charge on any atom is -0.310 e. The number of rotatable bonds is 5. The van der Waals surface area contributed by atoms with Gasteiger partial charge >= 0.3 is 0 Å². The quantitative estimate of drug-likeness (QED) is 0.813. The van der Waals surface area contributed by atoms with E-state index in [1.54, 1.807) is 0 Å². The van der Waals surface area contributed by atoms with Crippen molar-refractivity contribution in [2.75, 3.05) is 6.54 Å². The van der Waals surface area contributed by atoms with Crippen LogP contribution >= 0.6 is 15.9 Å². The fraction of sp³-hybridized carbons (Fsp3) is 0.600. The zero-order chi connectivity index (χ0) is 12.9. The van der Waals surface area contributed by atoms with Crippen LogP contribution in [0, 0.1) is 5.41 Å². The summed E-state index contributed by atoms with van der Waals surface area (Å²) in [5.74, 6) is 0. The van der Waals surface area contributed by atoms with E-state index in [-0.39, 0.29) is 0 Å². The van der Waals surface area contributed by atoms with Crippen LogP contribution in [-0.2, 0) is 0 Å². The number of hydrogen-bond donors (Lipinski definition) is 1. The highest BCUT2D eigenvalue weighted by Gasteiger charge is 2.12. The lowest BCUT2D eigenvalue weighted by Gasteiger charge is -2.22. The number of hydrogen-bond acceptors (Lipinski definition) is 1. The van der Waals surface area contributed by atoms with Crippen molar-refractivity contribution in [3.8, 4) is 0 Å². The molecule has 1 unspecified atom stereocenters. The Kier molecular flexibility index (Phi) is 5.68. The van der Waals surface area contributed by atoms with E-state index < -0.39 is 0 Å². The molecule has 0 spiro atoms. The lowest BCUT2D eigenvalue weighted by molar-refractivity contribution is 0.352. The van der Waals surface area contributed by atoms with E-state index in [2.05, 4.69) is 73.2 Å². The molecule has 0 radical (unpaired) electrons. The van der Waals surface area contributed by atoms with Crippen molar-refractivity contribution in [2.24, 2.45) is 5.41 Å². The Morgan fingerprint density at radius 2 is 2.00 bits per heavy atom. The van der Waals surface area contributed by atoms with E-state index >= 15 is 0 Å². The van der Waals surface area contributed by atoms with Crippen LogP contribution in [0.4, 0.5) is 0 Å². The molecule has 1 aromatic rings. The zero-order valence-electron chi connectivity index (χ0n) is 11.4. The molecule has 0 aliphatic carbocycles. The lowest BCUT2D eigenvalue weighted by Crippen LogP contribution is -2.25. The predicted octanol–water partition coefficient (Wildman–Crippen LogP) is 4.93. The van der Waals surface area contributed by atoms with Crippen molar-refractivity contribution in [3.05, 3.63) is 34.3 Å². The molecule has 0 amide bonds. The molecule has 2 heteroatoms. The SMILES string of the molecule is CCC(NCCC(C)(C)C)c1cccc(Br)c1. The lowest BCUT2D eigenvalue weighted by atomic mass is 9.92. The molecule has 1 nitrogen and oxygen atoms in total. The molecule has 1 N–H and O–H groups in total. The first kappa shape index (κ1) is 14.7. The maximum absolute atomic E-state index is 3.65. The maximum Gasteiger partial charge on any atom is 0.0318 e. The van der Waals surface area contributed by atoms with Crippen molar-refractivity contribution in [1.82, 2.24) is 5.32 Å². The van der Waals surface area contributed by atoms with E-state index in [1.165, 1.54) is 12.0 Å². The molecule has 0 saturated carbocycles. The van der Waals surface area contributed by atoms with Crippen LogP contribution in [-0.4, -0.2) is 6.54 Å². The van der Waals surface area contributed by atoms with E-state index in [4.69, 9.17) is 0 Å². The van der Waals surface area contributed by atoms with Crippen LogP contribution in [0.25, 0.3) is 0 Å². The Labute approximate surface area is 114 Å². The average molecular weight is 298 g/mol. The fourth-order valence-electron chi connectivity index (χ4n) is 1.84. The van der Waals surface area contributed by atoms with E-state index in [0.717, 1.165) is 17.4 Å². The Morgan fingerprint density at radius 3 is 2.53 bits per heavy atom. The fourth-order valence-corrected chi connectivity index (χ4v) is 2.26. The average Bonchev–Trinajstić information content (AvgIpc) is 2.23. The van der Waals surface area contributed by atoms with Crippen molar-refractivity contribution < 1.29 is 0 Å². The maximum atomic E-state index is 3.65. The second-order valence-electron chi connectivity index (χ2n) is 5.78. The van der Waals surface area contributed by atoms with E-state index in [1.807, 2.05) is 0 Å². The van der Waals surface area contributed by atoms with Gasteiger partial charge in [0, 0.05) is 10.5 Å². The summed E-state index contributed by atoms with van der Waals surface area (Å²) in [5, 5.41) is 3.65. The summed E-state index contributed by atoms with van der Waals surface area (Å²) >= 11 is 3.53. The molecule has 1 rings (SSSR count). The van der Waals surface area contributed by atoms with Gasteiger partial charge in [-0.1, -0.05) is 55.8 Å². The summed E-state index contributed by atoms with van der Waals surface area (Å²) in [4.78, 5) is 0. The normalized spacial score (nSPS) is 13.7. The van der Waals surface area contributed by atoms with Gasteiger partial charge in [-0.2, -0.15) is 0 Å². The molecule has 0 aliphatic heterocycles. The highest BCUT2D eigenvalue weighted by molar-refractivity contribution is 9.10. The van der Waals surface area contributed by atoms with Gasteiger partial charge in [0.05, 0.1) is 0 Å². The molecular formula is C15H24BrN. The van der Waals surface area contributed by atoms with Gasteiger partial charge in [-0.3, -0.25) is 0 Å². The third-order valence-electron chi connectivity index (χ3n) is 2.93. The van der Waals surface area contributed by atoms with Crippen LogP contribution < -0.4 is 5.32 Å². The molecule has 0 aromatic heterocycles. The van der Waals surface area contributed by atoms with Gasteiger partial charge < -0.3 is 5.32 Å². The van der Waals surface area contributed by atoms with Gasteiger partial charge in [0.25, 0.3) is 0 Å². The van der Waals surface area contributed by atoms with Gasteiger partial charge in [-0.25, -0.2) is 0 Å². The Morgan fingerprint density at radius 1 is 1.29 bits per heavy atom. The molecule has 0 fully saturated rings. The monoisotopic (exact) mass is 297 g/mol. The predicted molar refractivity (Wildman–Crippen MR) is 79.2 cm³/mol. The molecule has 0 bridgehead atoms. The summed E-state index contributed by atoms with van der Waals surface area (Å²) in [6.45, 7) is 10.2. The van der Waals surface area contributed by atoms with Crippen molar-refractivity contribution in [2.45, 2.75) is 46.6 Å². The first-order valence-corrected chi connectivity index (χ1v) is 7.20. The van der Waals surface area contributed by atoms with Crippen LogP contribution in [0.15, 0.2) is 28.7 Å². The van der Waals surface area contributed by atoms with Gasteiger partial charge in [-0.15, -0.1) is 0 Å². The Hall–Kier alpha value is -0.340. The summed E-state index contributed by atoms with van der Waals surface area (Å²) in [6, 6.07) is 9.05. The van der Waals surface area contributed by atoms with Gasteiger partial charge in [0.2, 0.25) is 0 Å². The number of benzene rings is 1.